The summed E-state index contributed by atoms with van der Waals surface area (Å²) in [6, 6.07) is 7.82. The summed E-state index contributed by atoms with van der Waals surface area (Å²) in [5, 5.41) is 8.97. The number of pyridine rings is 1. The SMILES string of the molecule is N#Cc1cccnc1N1CCN(S(=O)(=O)c2ccc(Cl)cc2C(F)(F)F)CC1. The molecule has 1 aromatic heterocycles. The minimum absolute atomic E-state index is 0.0380. The molecule has 6 nitrogen and oxygen atoms in total. The van der Waals surface area contributed by atoms with Crippen LogP contribution in [0.2, 0.25) is 5.02 Å². The Kier molecular flexibility index (Phi) is 5.52. The molecule has 11 heteroatoms. The first-order valence-electron chi connectivity index (χ1n) is 8.11. The molecule has 1 fully saturated rings. The fraction of sp³-hybridized carbons (Fsp3) is 0.294. The number of nitrogens with zero attached hydrogens (tertiary/aromatic N) is 4. The van der Waals surface area contributed by atoms with Crippen LogP contribution in [0.5, 0.6) is 0 Å². The standard InChI is InChI=1S/C17H14ClF3N4O2S/c18-13-3-4-15(14(10-13)17(19,20)21)28(26,27)25-8-6-24(7-9-25)16-12(11-22)2-1-5-23-16/h1-5,10H,6-9H2. The Hall–Kier alpha value is -2.35. The van der Waals surface area contributed by atoms with Crippen molar-refractivity contribution in [2.45, 2.75) is 11.1 Å². The predicted molar refractivity (Wildman–Crippen MR) is 96.4 cm³/mol. The van der Waals surface area contributed by atoms with Crippen LogP contribution < -0.4 is 4.90 Å². The maximum atomic E-state index is 13.3. The first-order valence-corrected chi connectivity index (χ1v) is 9.93. The Balaban J connectivity index is 1.86. The van der Waals surface area contributed by atoms with E-state index in [1.807, 2.05) is 6.07 Å². The van der Waals surface area contributed by atoms with Crippen LogP contribution in [-0.2, 0) is 16.2 Å². The Morgan fingerprint density at radius 2 is 1.82 bits per heavy atom. The van der Waals surface area contributed by atoms with Gasteiger partial charge >= 0.3 is 6.18 Å². The van der Waals surface area contributed by atoms with E-state index in [9.17, 15) is 21.6 Å². The molecule has 0 amide bonds. The van der Waals surface area contributed by atoms with Gasteiger partial charge in [-0.2, -0.15) is 22.7 Å². The third kappa shape index (κ3) is 3.92. The van der Waals surface area contributed by atoms with E-state index in [4.69, 9.17) is 16.9 Å². The normalized spacial score (nSPS) is 16.0. The van der Waals surface area contributed by atoms with Gasteiger partial charge in [-0.15, -0.1) is 0 Å². The number of piperazine rings is 1. The van der Waals surface area contributed by atoms with Crippen molar-refractivity contribution in [2.75, 3.05) is 31.1 Å². The third-order valence-electron chi connectivity index (χ3n) is 4.31. The molecule has 2 heterocycles. The summed E-state index contributed by atoms with van der Waals surface area (Å²) in [5.74, 6) is 0.421. The molecule has 0 bridgehead atoms. The van der Waals surface area contributed by atoms with E-state index in [-0.39, 0.29) is 31.2 Å². The average molecular weight is 431 g/mol. The van der Waals surface area contributed by atoms with Crippen LogP contribution in [0.1, 0.15) is 11.1 Å². The van der Waals surface area contributed by atoms with Gasteiger partial charge in [-0.25, -0.2) is 13.4 Å². The van der Waals surface area contributed by atoms with Crippen LogP contribution in [0.25, 0.3) is 0 Å². The van der Waals surface area contributed by atoms with Gasteiger partial charge in [0.2, 0.25) is 10.0 Å². The molecule has 1 aromatic carbocycles. The summed E-state index contributed by atoms with van der Waals surface area (Å²) < 4.78 is 66.6. The Labute approximate surface area is 164 Å². The van der Waals surface area contributed by atoms with Crippen molar-refractivity contribution in [3.8, 4) is 6.07 Å². The van der Waals surface area contributed by atoms with Gasteiger partial charge in [0, 0.05) is 37.4 Å². The zero-order chi connectivity index (χ0) is 20.5. The smallest absolute Gasteiger partial charge is 0.353 e. The lowest BCUT2D eigenvalue weighted by atomic mass is 10.2. The first kappa shape index (κ1) is 20.4. The van der Waals surface area contributed by atoms with Crippen molar-refractivity contribution >= 4 is 27.4 Å². The van der Waals surface area contributed by atoms with Crippen molar-refractivity contribution < 1.29 is 21.6 Å². The molecule has 2 aromatic rings. The molecule has 0 spiro atoms. The van der Waals surface area contributed by atoms with E-state index in [0.717, 1.165) is 16.4 Å². The molecule has 1 aliphatic heterocycles. The molecular formula is C17H14ClF3N4O2S. The second kappa shape index (κ2) is 7.58. The van der Waals surface area contributed by atoms with Crippen LogP contribution >= 0.6 is 11.6 Å². The zero-order valence-electron chi connectivity index (χ0n) is 14.3. The lowest BCUT2D eigenvalue weighted by Crippen LogP contribution is -2.49. The molecule has 0 atom stereocenters. The van der Waals surface area contributed by atoms with Gasteiger partial charge in [0.15, 0.2) is 0 Å². The predicted octanol–water partition coefficient (Wildman–Crippen LogP) is 3.14. The highest BCUT2D eigenvalue weighted by Crippen LogP contribution is 2.37. The molecule has 0 unspecified atom stereocenters. The number of aromatic nitrogens is 1. The van der Waals surface area contributed by atoms with Gasteiger partial charge in [-0.05, 0) is 30.3 Å². The van der Waals surface area contributed by atoms with E-state index in [0.29, 0.717) is 17.4 Å². The molecule has 0 saturated carbocycles. The molecule has 1 saturated heterocycles. The number of rotatable bonds is 3. The van der Waals surface area contributed by atoms with Gasteiger partial charge in [0.05, 0.1) is 16.0 Å². The molecule has 0 N–H and O–H groups in total. The summed E-state index contributed by atoms with van der Waals surface area (Å²) >= 11 is 5.63. The molecule has 1 aliphatic rings. The summed E-state index contributed by atoms with van der Waals surface area (Å²) in [7, 11) is -4.37. The molecular weight excluding hydrogens is 417 g/mol. The topological polar surface area (TPSA) is 77.3 Å². The summed E-state index contributed by atoms with van der Waals surface area (Å²) in [5.41, 5.74) is -0.949. The van der Waals surface area contributed by atoms with E-state index in [2.05, 4.69) is 4.98 Å². The quantitative estimate of drug-likeness (QED) is 0.747. The van der Waals surface area contributed by atoms with Crippen LogP contribution in [0.3, 0.4) is 0 Å². The lowest BCUT2D eigenvalue weighted by molar-refractivity contribution is -0.139. The second-order valence-corrected chi connectivity index (χ2v) is 8.36. The van der Waals surface area contributed by atoms with Gasteiger partial charge in [0.25, 0.3) is 0 Å². The van der Waals surface area contributed by atoms with Crippen molar-refractivity contribution in [2.24, 2.45) is 0 Å². The average Bonchev–Trinajstić information content (AvgIpc) is 2.67. The third-order valence-corrected chi connectivity index (χ3v) is 6.50. The van der Waals surface area contributed by atoms with E-state index in [1.165, 1.54) is 6.20 Å². The minimum Gasteiger partial charge on any atom is -0.353 e. The zero-order valence-corrected chi connectivity index (χ0v) is 15.9. The molecule has 3 rings (SSSR count). The van der Waals surface area contributed by atoms with Crippen molar-refractivity contribution in [1.82, 2.24) is 9.29 Å². The lowest BCUT2D eigenvalue weighted by Gasteiger charge is -2.35. The highest BCUT2D eigenvalue weighted by Gasteiger charge is 2.40. The number of hydrogen-bond acceptors (Lipinski definition) is 5. The molecule has 0 radical (unpaired) electrons. The molecule has 148 valence electrons. The Morgan fingerprint density at radius 3 is 2.43 bits per heavy atom. The maximum Gasteiger partial charge on any atom is 0.417 e. The second-order valence-electron chi connectivity index (χ2n) is 6.02. The summed E-state index contributed by atoms with van der Waals surface area (Å²) in [6.07, 6.45) is -3.34. The summed E-state index contributed by atoms with van der Waals surface area (Å²) in [4.78, 5) is 5.05. The van der Waals surface area contributed by atoms with Crippen LogP contribution in [0.4, 0.5) is 19.0 Å². The van der Waals surface area contributed by atoms with Crippen molar-refractivity contribution in [3.63, 3.8) is 0 Å². The maximum absolute atomic E-state index is 13.3. The Bertz CT molecular complexity index is 1030. The van der Waals surface area contributed by atoms with Crippen LogP contribution in [0.15, 0.2) is 41.4 Å². The van der Waals surface area contributed by atoms with Gasteiger partial charge in [-0.1, -0.05) is 11.6 Å². The summed E-state index contributed by atoms with van der Waals surface area (Å²) in [6.45, 7) is 0.313. The van der Waals surface area contributed by atoms with Gasteiger partial charge in [0.1, 0.15) is 11.9 Å². The highest BCUT2D eigenvalue weighted by molar-refractivity contribution is 7.89. The number of anilines is 1. The van der Waals surface area contributed by atoms with Crippen LogP contribution in [-0.4, -0.2) is 43.9 Å². The molecule has 0 aliphatic carbocycles. The highest BCUT2D eigenvalue weighted by atomic mass is 35.5. The Morgan fingerprint density at radius 1 is 1.14 bits per heavy atom. The number of nitriles is 1. The monoisotopic (exact) mass is 430 g/mol. The molecule has 28 heavy (non-hydrogen) atoms. The van der Waals surface area contributed by atoms with Gasteiger partial charge in [-0.3, -0.25) is 0 Å². The largest absolute Gasteiger partial charge is 0.417 e. The minimum atomic E-state index is -4.86. The fourth-order valence-corrected chi connectivity index (χ4v) is 4.75. The van der Waals surface area contributed by atoms with E-state index >= 15 is 0 Å². The number of hydrogen-bond donors (Lipinski definition) is 0. The number of halogens is 4. The number of alkyl halides is 3. The first-order chi connectivity index (χ1) is 13.1. The van der Waals surface area contributed by atoms with E-state index < -0.39 is 26.7 Å². The van der Waals surface area contributed by atoms with Gasteiger partial charge < -0.3 is 4.90 Å². The van der Waals surface area contributed by atoms with Crippen molar-refractivity contribution in [1.29, 1.82) is 5.26 Å². The number of sulfonamides is 1. The number of benzene rings is 1. The fourth-order valence-electron chi connectivity index (χ4n) is 2.96. The van der Waals surface area contributed by atoms with Crippen molar-refractivity contribution in [3.05, 3.63) is 52.7 Å². The van der Waals surface area contributed by atoms with E-state index in [1.54, 1.807) is 17.0 Å². The van der Waals surface area contributed by atoms with Crippen LogP contribution in [0, 0.1) is 11.3 Å².